The van der Waals surface area contributed by atoms with Crippen LogP contribution in [0.1, 0.15) is 22.4 Å². The molecule has 3 rings (SSSR count). The highest BCUT2D eigenvalue weighted by Crippen LogP contribution is 2.18. The molecule has 0 spiro atoms. The number of carbonyl (C=O) groups is 1. The fraction of sp³-hybridized carbons (Fsp3) is 0.0625. The molecule has 0 bridgehead atoms. The van der Waals surface area contributed by atoms with Gasteiger partial charge in [-0.25, -0.2) is 0 Å². The van der Waals surface area contributed by atoms with E-state index >= 15 is 0 Å². The molecule has 22 heavy (non-hydrogen) atoms. The van der Waals surface area contributed by atoms with Crippen LogP contribution < -0.4 is 10.1 Å². The summed E-state index contributed by atoms with van der Waals surface area (Å²) in [6, 6.07) is 16.3. The molecular formula is C16H14N4O2. The molecule has 2 aromatic heterocycles. The fourth-order valence-corrected chi connectivity index (χ4v) is 1.91. The first kappa shape index (κ1) is 13.8. The molecule has 0 aliphatic carbocycles. The van der Waals surface area contributed by atoms with Crippen molar-refractivity contribution < 1.29 is 9.53 Å². The lowest BCUT2D eigenvalue weighted by molar-refractivity contribution is 0.0816. The van der Waals surface area contributed by atoms with Crippen LogP contribution in [0.3, 0.4) is 0 Å². The Kier molecular flexibility index (Phi) is 4.10. The van der Waals surface area contributed by atoms with Crippen molar-refractivity contribution in [2.45, 2.75) is 6.23 Å². The van der Waals surface area contributed by atoms with E-state index in [2.05, 4.69) is 20.5 Å². The van der Waals surface area contributed by atoms with Gasteiger partial charge in [0.2, 0.25) is 6.23 Å². The van der Waals surface area contributed by atoms with Gasteiger partial charge < -0.3 is 10.1 Å². The number of para-hydroxylation sites is 1. The second-order valence-electron chi connectivity index (χ2n) is 4.50. The van der Waals surface area contributed by atoms with Crippen molar-refractivity contribution in [2.75, 3.05) is 0 Å². The van der Waals surface area contributed by atoms with Crippen LogP contribution >= 0.6 is 0 Å². The number of aromatic nitrogens is 3. The lowest BCUT2D eigenvalue weighted by Gasteiger charge is -2.19. The molecule has 110 valence electrons. The molecule has 6 heteroatoms. The van der Waals surface area contributed by atoms with Crippen molar-refractivity contribution in [3.8, 4) is 5.75 Å². The minimum absolute atomic E-state index is 0.289. The van der Waals surface area contributed by atoms with Gasteiger partial charge in [-0.05, 0) is 30.3 Å². The zero-order valence-corrected chi connectivity index (χ0v) is 11.6. The highest BCUT2D eigenvalue weighted by molar-refractivity contribution is 5.92. The zero-order chi connectivity index (χ0) is 15.2. The van der Waals surface area contributed by atoms with Gasteiger partial charge in [0.15, 0.2) is 0 Å². The first-order valence-corrected chi connectivity index (χ1v) is 6.76. The predicted molar refractivity (Wildman–Crippen MR) is 80.1 cm³/mol. The van der Waals surface area contributed by atoms with Crippen LogP contribution in [0.4, 0.5) is 0 Å². The van der Waals surface area contributed by atoms with Gasteiger partial charge in [0.05, 0.1) is 0 Å². The van der Waals surface area contributed by atoms with Gasteiger partial charge in [-0.3, -0.25) is 14.9 Å². The zero-order valence-electron chi connectivity index (χ0n) is 11.6. The van der Waals surface area contributed by atoms with Crippen molar-refractivity contribution in [3.05, 3.63) is 78.4 Å². The van der Waals surface area contributed by atoms with E-state index in [1.165, 1.54) is 0 Å². The van der Waals surface area contributed by atoms with Crippen LogP contribution in [0.5, 0.6) is 5.75 Å². The predicted octanol–water partition coefficient (Wildman–Crippen LogP) is 2.31. The second-order valence-corrected chi connectivity index (χ2v) is 4.50. The summed E-state index contributed by atoms with van der Waals surface area (Å²) in [5, 5.41) is 9.24. The molecule has 0 saturated heterocycles. The standard InChI is InChI=1S/C16H14N4O2/c21-15(13-9-11-18-20-13)19-16(14-8-4-5-10-17-14)22-12-6-2-1-3-7-12/h1-11,16H,(H,18,20)(H,19,21). The number of aromatic amines is 1. The molecule has 1 unspecified atom stereocenters. The molecule has 2 N–H and O–H groups in total. The van der Waals surface area contributed by atoms with Gasteiger partial charge in [0.25, 0.3) is 5.91 Å². The quantitative estimate of drug-likeness (QED) is 0.708. The van der Waals surface area contributed by atoms with Crippen LogP contribution in [-0.4, -0.2) is 21.1 Å². The molecule has 3 aromatic rings. The average molecular weight is 294 g/mol. The van der Waals surface area contributed by atoms with Crippen LogP contribution in [-0.2, 0) is 0 Å². The SMILES string of the molecule is O=C(NC(Oc1ccccc1)c1ccccn1)c1cc[nH]n1. The highest BCUT2D eigenvalue weighted by Gasteiger charge is 2.19. The number of ether oxygens (including phenoxy) is 1. The number of nitrogens with zero attached hydrogens (tertiary/aromatic N) is 2. The van der Waals surface area contributed by atoms with E-state index in [9.17, 15) is 4.79 Å². The molecule has 2 heterocycles. The summed E-state index contributed by atoms with van der Waals surface area (Å²) < 4.78 is 5.84. The van der Waals surface area contributed by atoms with E-state index in [0.29, 0.717) is 11.4 Å². The number of carbonyl (C=O) groups excluding carboxylic acids is 1. The van der Waals surface area contributed by atoms with Gasteiger partial charge in [-0.15, -0.1) is 0 Å². The van der Waals surface area contributed by atoms with E-state index in [1.807, 2.05) is 36.4 Å². The van der Waals surface area contributed by atoms with Crippen molar-refractivity contribution >= 4 is 5.91 Å². The summed E-state index contributed by atoms with van der Waals surface area (Å²) in [4.78, 5) is 16.4. The smallest absolute Gasteiger partial charge is 0.274 e. The van der Waals surface area contributed by atoms with Crippen LogP contribution in [0.15, 0.2) is 67.0 Å². The third-order valence-electron chi connectivity index (χ3n) is 2.95. The largest absolute Gasteiger partial charge is 0.465 e. The summed E-state index contributed by atoms with van der Waals surface area (Å²) in [5.41, 5.74) is 0.896. The normalized spacial score (nSPS) is 11.6. The molecule has 0 saturated carbocycles. The van der Waals surface area contributed by atoms with Crippen LogP contribution in [0.25, 0.3) is 0 Å². The van der Waals surface area contributed by atoms with E-state index in [0.717, 1.165) is 0 Å². The number of hydrogen-bond donors (Lipinski definition) is 2. The van der Waals surface area contributed by atoms with Gasteiger partial charge in [0.1, 0.15) is 17.1 Å². The third-order valence-corrected chi connectivity index (χ3v) is 2.95. The molecule has 0 aliphatic rings. The number of nitrogens with one attached hydrogen (secondary N) is 2. The van der Waals surface area contributed by atoms with Gasteiger partial charge in [-0.1, -0.05) is 24.3 Å². The lowest BCUT2D eigenvalue weighted by atomic mass is 10.3. The summed E-state index contributed by atoms with van der Waals surface area (Å²) in [5.74, 6) is 0.299. The molecule has 1 amide bonds. The molecule has 0 fully saturated rings. The molecule has 0 aliphatic heterocycles. The molecule has 0 radical (unpaired) electrons. The van der Waals surface area contributed by atoms with Gasteiger partial charge >= 0.3 is 0 Å². The van der Waals surface area contributed by atoms with Gasteiger partial charge in [0, 0.05) is 12.4 Å². The minimum atomic E-state index is -0.701. The van der Waals surface area contributed by atoms with Crippen molar-refractivity contribution in [1.29, 1.82) is 0 Å². The van der Waals surface area contributed by atoms with Crippen molar-refractivity contribution in [1.82, 2.24) is 20.5 Å². The number of pyridine rings is 1. The van der Waals surface area contributed by atoms with Crippen LogP contribution in [0, 0.1) is 0 Å². The van der Waals surface area contributed by atoms with E-state index in [1.54, 1.807) is 30.6 Å². The minimum Gasteiger partial charge on any atom is -0.465 e. The summed E-state index contributed by atoms with van der Waals surface area (Å²) in [6.07, 6.45) is 2.54. The molecule has 1 aromatic carbocycles. The number of rotatable bonds is 5. The topological polar surface area (TPSA) is 79.9 Å². The maximum absolute atomic E-state index is 12.2. The molecule has 1 atom stereocenters. The Morgan fingerprint density at radius 1 is 1.09 bits per heavy atom. The molecular weight excluding hydrogens is 280 g/mol. The highest BCUT2D eigenvalue weighted by atomic mass is 16.5. The maximum Gasteiger partial charge on any atom is 0.274 e. The Labute approximate surface area is 127 Å². The molecule has 6 nitrogen and oxygen atoms in total. The second kappa shape index (κ2) is 6.53. The number of hydrogen-bond acceptors (Lipinski definition) is 4. The summed E-state index contributed by atoms with van der Waals surface area (Å²) in [6.45, 7) is 0. The Morgan fingerprint density at radius 2 is 1.91 bits per heavy atom. The number of amides is 1. The van der Waals surface area contributed by atoms with Crippen molar-refractivity contribution in [2.24, 2.45) is 0 Å². The van der Waals surface area contributed by atoms with E-state index < -0.39 is 6.23 Å². The fourth-order valence-electron chi connectivity index (χ4n) is 1.91. The number of benzene rings is 1. The third kappa shape index (κ3) is 3.29. The monoisotopic (exact) mass is 294 g/mol. The van der Waals surface area contributed by atoms with Crippen molar-refractivity contribution in [3.63, 3.8) is 0 Å². The van der Waals surface area contributed by atoms with E-state index in [4.69, 9.17) is 4.74 Å². The Balaban J connectivity index is 1.82. The van der Waals surface area contributed by atoms with E-state index in [-0.39, 0.29) is 11.6 Å². The first-order chi connectivity index (χ1) is 10.8. The number of H-pyrrole nitrogens is 1. The summed E-state index contributed by atoms with van der Waals surface area (Å²) >= 11 is 0. The maximum atomic E-state index is 12.2. The average Bonchev–Trinajstić information content (AvgIpc) is 3.11. The van der Waals surface area contributed by atoms with Gasteiger partial charge in [-0.2, -0.15) is 5.10 Å². The first-order valence-electron chi connectivity index (χ1n) is 6.76. The lowest BCUT2D eigenvalue weighted by Crippen LogP contribution is -2.33. The Bertz CT molecular complexity index is 714. The summed E-state index contributed by atoms with van der Waals surface area (Å²) in [7, 11) is 0. The van der Waals surface area contributed by atoms with Crippen LogP contribution in [0.2, 0.25) is 0 Å². The Morgan fingerprint density at radius 3 is 2.59 bits per heavy atom. The Hall–Kier alpha value is -3.15.